The molecule has 0 unspecified atom stereocenters. The van der Waals surface area contributed by atoms with Gasteiger partial charge in [-0.3, -0.25) is 5.41 Å². The molecule has 0 amide bonds. The Kier molecular flexibility index (Phi) is 9.90. The Hall–Kier alpha value is -0.740. The highest BCUT2D eigenvalue weighted by molar-refractivity contribution is 7.07. The first-order valence-electron chi connectivity index (χ1n) is 2.30. The van der Waals surface area contributed by atoms with Crippen LogP contribution in [0.4, 0.5) is 0 Å². The SMILES string of the molecule is Cl.N=C(N)N.c1ccsc1. The van der Waals surface area contributed by atoms with Crippen LogP contribution in [0.3, 0.4) is 0 Å². The molecule has 1 aromatic heterocycles. The van der Waals surface area contributed by atoms with Crippen LogP contribution in [0, 0.1) is 5.41 Å². The quantitative estimate of drug-likeness (QED) is 0.411. The summed E-state index contributed by atoms with van der Waals surface area (Å²) >= 11 is 1.71. The average molecular weight is 180 g/mol. The molecule has 0 aliphatic heterocycles. The van der Waals surface area contributed by atoms with Gasteiger partial charge in [-0.15, -0.1) is 12.4 Å². The van der Waals surface area contributed by atoms with Crippen molar-refractivity contribution < 1.29 is 0 Å². The fraction of sp³-hybridized carbons (Fsp3) is 0. The molecule has 5 heteroatoms. The minimum atomic E-state index is -0.333. The molecule has 5 N–H and O–H groups in total. The molecule has 1 rings (SSSR count). The molecule has 0 aliphatic carbocycles. The van der Waals surface area contributed by atoms with E-state index in [0.29, 0.717) is 0 Å². The van der Waals surface area contributed by atoms with Crippen LogP contribution in [0.5, 0.6) is 0 Å². The van der Waals surface area contributed by atoms with E-state index in [0.717, 1.165) is 0 Å². The van der Waals surface area contributed by atoms with Gasteiger partial charge in [-0.05, 0) is 10.8 Å². The largest absolute Gasteiger partial charge is 0.370 e. The number of nitrogens with one attached hydrogen (secondary N) is 1. The topological polar surface area (TPSA) is 75.9 Å². The number of rotatable bonds is 0. The van der Waals surface area contributed by atoms with Gasteiger partial charge in [0.05, 0.1) is 0 Å². The van der Waals surface area contributed by atoms with E-state index in [4.69, 9.17) is 5.41 Å². The fourth-order valence-corrected chi connectivity index (χ4v) is 0.680. The van der Waals surface area contributed by atoms with Crippen LogP contribution in [0.25, 0.3) is 0 Å². The van der Waals surface area contributed by atoms with Crippen LogP contribution >= 0.6 is 23.7 Å². The third-order valence-electron chi connectivity index (χ3n) is 0.425. The van der Waals surface area contributed by atoms with E-state index in [-0.39, 0.29) is 18.4 Å². The maximum Gasteiger partial charge on any atom is 0.183 e. The summed E-state index contributed by atoms with van der Waals surface area (Å²) in [6, 6.07) is 4.04. The van der Waals surface area contributed by atoms with Crippen LogP contribution in [-0.2, 0) is 0 Å². The average Bonchev–Trinajstić information content (AvgIpc) is 2.11. The first-order chi connectivity index (χ1) is 4.23. The van der Waals surface area contributed by atoms with E-state index in [2.05, 4.69) is 11.5 Å². The van der Waals surface area contributed by atoms with E-state index in [1.807, 2.05) is 22.9 Å². The number of nitrogens with two attached hydrogens (primary N) is 2. The van der Waals surface area contributed by atoms with Crippen molar-refractivity contribution in [1.82, 2.24) is 0 Å². The van der Waals surface area contributed by atoms with Gasteiger partial charge in [0.1, 0.15) is 0 Å². The molecular weight excluding hydrogens is 170 g/mol. The van der Waals surface area contributed by atoms with Crippen molar-refractivity contribution >= 4 is 29.7 Å². The van der Waals surface area contributed by atoms with Gasteiger partial charge in [0.2, 0.25) is 0 Å². The maximum atomic E-state index is 6.06. The summed E-state index contributed by atoms with van der Waals surface area (Å²) in [6.45, 7) is 0. The van der Waals surface area contributed by atoms with Crippen LogP contribution < -0.4 is 11.5 Å². The molecule has 0 saturated heterocycles. The van der Waals surface area contributed by atoms with Crippen molar-refractivity contribution in [3.8, 4) is 0 Å². The summed E-state index contributed by atoms with van der Waals surface area (Å²) in [4.78, 5) is 0. The van der Waals surface area contributed by atoms with Crippen LogP contribution in [0.15, 0.2) is 22.9 Å². The third kappa shape index (κ3) is 15.7. The molecule has 10 heavy (non-hydrogen) atoms. The highest BCUT2D eigenvalue weighted by Gasteiger charge is 1.58. The Bertz CT molecular complexity index is 131. The zero-order chi connectivity index (χ0) is 7.11. The lowest BCUT2D eigenvalue weighted by molar-refractivity contribution is 1.39. The summed E-state index contributed by atoms with van der Waals surface area (Å²) in [7, 11) is 0. The second-order valence-corrected chi connectivity index (χ2v) is 2.06. The lowest BCUT2D eigenvalue weighted by Crippen LogP contribution is -2.20. The summed E-state index contributed by atoms with van der Waals surface area (Å²) in [5, 5.41) is 10.1. The summed E-state index contributed by atoms with van der Waals surface area (Å²) in [5.74, 6) is -0.333. The lowest BCUT2D eigenvalue weighted by Gasteiger charge is -1.69. The van der Waals surface area contributed by atoms with E-state index < -0.39 is 0 Å². The monoisotopic (exact) mass is 179 g/mol. The zero-order valence-electron chi connectivity index (χ0n) is 5.28. The van der Waals surface area contributed by atoms with Crippen molar-refractivity contribution in [2.75, 3.05) is 0 Å². The van der Waals surface area contributed by atoms with Gasteiger partial charge >= 0.3 is 0 Å². The number of thiophene rings is 1. The molecular formula is C5H10ClN3S. The van der Waals surface area contributed by atoms with E-state index in [1.165, 1.54) is 0 Å². The molecule has 0 aliphatic rings. The van der Waals surface area contributed by atoms with Gasteiger partial charge in [0, 0.05) is 0 Å². The lowest BCUT2D eigenvalue weighted by atomic mass is 10.7. The summed E-state index contributed by atoms with van der Waals surface area (Å²) < 4.78 is 0. The molecule has 0 radical (unpaired) electrons. The number of hydrogen-bond acceptors (Lipinski definition) is 2. The summed E-state index contributed by atoms with van der Waals surface area (Å²) in [6.07, 6.45) is 0. The van der Waals surface area contributed by atoms with Crippen LogP contribution in [-0.4, -0.2) is 5.96 Å². The van der Waals surface area contributed by atoms with Gasteiger partial charge < -0.3 is 11.5 Å². The fourth-order valence-electron chi connectivity index (χ4n) is 0.227. The molecule has 0 aromatic carbocycles. The van der Waals surface area contributed by atoms with Crippen LogP contribution in [0.2, 0.25) is 0 Å². The van der Waals surface area contributed by atoms with Crippen molar-refractivity contribution in [3.05, 3.63) is 22.9 Å². The van der Waals surface area contributed by atoms with Crippen molar-refractivity contribution in [2.45, 2.75) is 0 Å². The molecule has 0 fully saturated rings. The molecule has 0 spiro atoms. The molecule has 1 heterocycles. The number of halogens is 1. The van der Waals surface area contributed by atoms with Gasteiger partial charge in [-0.25, -0.2) is 0 Å². The highest BCUT2D eigenvalue weighted by atomic mass is 35.5. The first-order valence-corrected chi connectivity index (χ1v) is 3.24. The minimum absolute atomic E-state index is 0. The second kappa shape index (κ2) is 8.26. The van der Waals surface area contributed by atoms with E-state index >= 15 is 0 Å². The Labute approximate surface area is 70.0 Å². The molecule has 1 aromatic rings. The normalized spacial score (nSPS) is 6.40. The second-order valence-electron chi connectivity index (χ2n) is 1.25. The predicted octanol–water partition coefficient (Wildman–Crippen LogP) is 1.01. The standard InChI is InChI=1S/C4H4S.CH5N3.ClH/c1-2-4-5-3-1;2-1(3)4;/h1-4H;(H5,2,3,4);1H. The van der Waals surface area contributed by atoms with Gasteiger partial charge in [0.15, 0.2) is 5.96 Å². The maximum absolute atomic E-state index is 6.06. The Balaban J connectivity index is 0. The van der Waals surface area contributed by atoms with E-state index in [1.54, 1.807) is 11.3 Å². The predicted molar refractivity (Wildman–Crippen MR) is 47.7 cm³/mol. The third-order valence-corrected chi connectivity index (χ3v) is 1.05. The number of hydrogen-bond donors (Lipinski definition) is 3. The Morgan fingerprint density at radius 3 is 1.60 bits per heavy atom. The van der Waals surface area contributed by atoms with Crippen molar-refractivity contribution in [1.29, 1.82) is 5.41 Å². The smallest absolute Gasteiger partial charge is 0.183 e. The molecule has 0 atom stereocenters. The van der Waals surface area contributed by atoms with Crippen molar-refractivity contribution in [2.24, 2.45) is 11.5 Å². The summed E-state index contributed by atoms with van der Waals surface area (Å²) in [5.41, 5.74) is 8.94. The van der Waals surface area contributed by atoms with Gasteiger partial charge in [-0.1, -0.05) is 12.1 Å². The number of guanidine groups is 1. The molecule has 3 nitrogen and oxygen atoms in total. The van der Waals surface area contributed by atoms with Gasteiger partial charge in [-0.2, -0.15) is 11.3 Å². The minimum Gasteiger partial charge on any atom is -0.370 e. The van der Waals surface area contributed by atoms with Crippen LogP contribution in [0.1, 0.15) is 0 Å². The first kappa shape index (κ1) is 12.0. The Morgan fingerprint density at radius 1 is 1.20 bits per heavy atom. The zero-order valence-corrected chi connectivity index (χ0v) is 6.91. The molecule has 58 valence electrons. The van der Waals surface area contributed by atoms with Gasteiger partial charge in [0.25, 0.3) is 0 Å². The van der Waals surface area contributed by atoms with E-state index in [9.17, 15) is 0 Å². The molecule has 0 saturated carbocycles. The highest BCUT2D eigenvalue weighted by Crippen LogP contribution is 1.91. The molecule has 0 bridgehead atoms. The van der Waals surface area contributed by atoms with Crippen molar-refractivity contribution in [3.63, 3.8) is 0 Å². The Morgan fingerprint density at radius 2 is 1.50 bits per heavy atom.